The second-order valence-corrected chi connectivity index (χ2v) is 3.39. The second-order valence-electron chi connectivity index (χ2n) is 3.39. The van der Waals surface area contributed by atoms with Crippen LogP contribution in [-0.2, 0) is 19.0 Å². The first-order chi connectivity index (χ1) is 6.20. The largest absolute Gasteiger partial charge is 0.465 e. The van der Waals surface area contributed by atoms with Gasteiger partial charge in [-0.2, -0.15) is 0 Å². The van der Waals surface area contributed by atoms with Crippen LogP contribution in [0.25, 0.3) is 0 Å². The minimum atomic E-state index is -0.154. The highest BCUT2D eigenvalue weighted by molar-refractivity contribution is 5.71. The van der Waals surface area contributed by atoms with Crippen molar-refractivity contribution in [1.82, 2.24) is 0 Å². The van der Waals surface area contributed by atoms with Crippen molar-refractivity contribution in [2.24, 2.45) is 5.92 Å². The van der Waals surface area contributed by atoms with Crippen LogP contribution in [0.4, 0.5) is 0 Å². The predicted octanol–water partition coefficient (Wildman–Crippen LogP) is 0.949. The van der Waals surface area contributed by atoms with Crippen molar-refractivity contribution in [3.05, 3.63) is 0 Å². The maximum absolute atomic E-state index is 11.0. The van der Waals surface area contributed by atoms with Crippen molar-refractivity contribution in [3.63, 3.8) is 0 Å². The minimum Gasteiger partial charge on any atom is -0.465 e. The predicted molar refractivity (Wildman–Crippen MR) is 46.1 cm³/mol. The summed E-state index contributed by atoms with van der Waals surface area (Å²) in [6.45, 7) is 5.03. The summed E-state index contributed by atoms with van der Waals surface area (Å²) in [6, 6.07) is 0. The molecule has 0 N–H and O–H groups in total. The van der Waals surface area contributed by atoms with E-state index in [1.807, 2.05) is 13.8 Å². The van der Waals surface area contributed by atoms with E-state index in [1.54, 1.807) is 0 Å². The van der Waals surface area contributed by atoms with E-state index in [4.69, 9.17) is 14.2 Å². The van der Waals surface area contributed by atoms with Gasteiger partial charge >= 0.3 is 5.97 Å². The van der Waals surface area contributed by atoms with Gasteiger partial charge in [0.25, 0.3) is 0 Å². The number of carbonyl (C=O) groups is 1. The Morgan fingerprint density at radius 3 is 2.92 bits per heavy atom. The fourth-order valence-corrected chi connectivity index (χ4v) is 0.996. The van der Waals surface area contributed by atoms with Crippen molar-refractivity contribution in [2.45, 2.75) is 26.4 Å². The highest BCUT2D eigenvalue weighted by Gasteiger charge is 2.16. The van der Waals surface area contributed by atoms with Gasteiger partial charge in [0.2, 0.25) is 0 Å². The molecular formula is C9H16O4. The standard InChI is InChI=1S/C9H16O4/c1-7(2)9(10)12-4-3-8-5-11-6-13-8/h7-8H,3-6H2,1-2H3. The SMILES string of the molecule is CC(C)C(=O)OCCC1COCO1. The van der Waals surface area contributed by atoms with Gasteiger partial charge in [-0.25, -0.2) is 0 Å². The maximum atomic E-state index is 11.0. The Bertz CT molecular complexity index is 161. The first-order valence-corrected chi connectivity index (χ1v) is 4.56. The first-order valence-electron chi connectivity index (χ1n) is 4.56. The summed E-state index contributed by atoms with van der Waals surface area (Å²) in [7, 11) is 0. The molecule has 1 fully saturated rings. The average molecular weight is 188 g/mol. The molecule has 0 radical (unpaired) electrons. The average Bonchev–Trinajstić information content (AvgIpc) is 2.56. The zero-order chi connectivity index (χ0) is 9.68. The summed E-state index contributed by atoms with van der Waals surface area (Å²) in [4.78, 5) is 11.0. The van der Waals surface area contributed by atoms with Gasteiger partial charge < -0.3 is 14.2 Å². The van der Waals surface area contributed by atoms with Gasteiger partial charge in [0.05, 0.1) is 25.2 Å². The molecule has 0 bridgehead atoms. The molecule has 4 heteroatoms. The van der Waals surface area contributed by atoms with Gasteiger partial charge in [0.1, 0.15) is 6.79 Å². The van der Waals surface area contributed by atoms with Crippen molar-refractivity contribution in [1.29, 1.82) is 0 Å². The molecule has 76 valence electrons. The van der Waals surface area contributed by atoms with E-state index >= 15 is 0 Å². The van der Waals surface area contributed by atoms with Crippen molar-refractivity contribution < 1.29 is 19.0 Å². The Balaban J connectivity index is 2.03. The molecule has 1 atom stereocenters. The van der Waals surface area contributed by atoms with Crippen LogP contribution in [0.15, 0.2) is 0 Å². The summed E-state index contributed by atoms with van der Waals surface area (Å²) in [6.07, 6.45) is 0.818. The van der Waals surface area contributed by atoms with Gasteiger partial charge in [0.15, 0.2) is 0 Å². The highest BCUT2D eigenvalue weighted by Crippen LogP contribution is 2.07. The van der Waals surface area contributed by atoms with Crippen LogP contribution < -0.4 is 0 Å². The molecule has 0 aromatic heterocycles. The topological polar surface area (TPSA) is 44.8 Å². The number of esters is 1. The lowest BCUT2D eigenvalue weighted by molar-refractivity contribution is -0.147. The third-order valence-corrected chi connectivity index (χ3v) is 1.85. The Labute approximate surface area is 78.2 Å². The number of ether oxygens (including phenoxy) is 3. The molecule has 4 nitrogen and oxygen atoms in total. The molecule has 1 aliphatic rings. The number of hydrogen-bond acceptors (Lipinski definition) is 4. The Kier molecular flexibility index (Phi) is 4.18. The van der Waals surface area contributed by atoms with Gasteiger partial charge in [-0.05, 0) is 0 Å². The summed E-state index contributed by atoms with van der Waals surface area (Å²) in [5, 5.41) is 0. The molecule has 13 heavy (non-hydrogen) atoms. The molecule has 1 aliphatic heterocycles. The third-order valence-electron chi connectivity index (χ3n) is 1.85. The fourth-order valence-electron chi connectivity index (χ4n) is 0.996. The van der Waals surface area contributed by atoms with E-state index in [0.29, 0.717) is 20.0 Å². The molecule has 1 rings (SSSR count). The van der Waals surface area contributed by atoms with Gasteiger partial charge in [-0.1, -0.05) is 13.8 Å². The highest BCUT2D eigenvalue weighted by atomic mass is 16.7. The number of hydrogen-bond donors (Lipinski definition) is 0. The van der Waals surface area contributed by atoms with Crippen LogP contribution in [-0.4, -0.2) is 32.1 Å². The van der Waals surface area contributed by atoms with Gasteiger partial charge in [-0.3, -0.25) is 4.79 Å². The van der Waals surface area contributed by atoms with Gasteiger partial charge in [0, 0.05) is 6.42 Å². The number of rotatable bonds is 4. The molecule has 0 aromatic rings. The van der Waals surface area contributed by atoms with E-state index in [1.165, 1.54) is 0 Å². The molecule has 0 aromatic carbocycles. The zero-order valence-electron chi connectivity index (χ0n) is 8.12. The molecule has 1 heterocycles. The molecular weight excluding hydrogens is 172 g/mol. The van der Waals surface area contributed by atoms with Crippen LogP contribution in [0, 0.1) is 5.92 Å². The molecule has 1 unspecified atom stereocenters. The summed E-state index contributed by atoms with van der Waals surface area (Å²) >= 11 is 0. The third kappa shape index (κ3) is 3.74. The zero-order valence-corrected chi connectivity index (χ0v) is 8.12. The summed E-state index contributed by atoms with van der Waals surface area (Å²) in [5.41, 5.74) is 0. The normalized spacial score (nSPS) is 22.2. The van der Waals surface area contributed by atoms with Crippen LogP contribution >= 0.6 is 0 Å². The van der Waals surface area contributed by atoms with Crippen molar-refractivity contribution >= 4 is 5.97 Å². The second kappa shape index (κ2) is 5.19. The quantitative estimate of drug-likeness (QED) is 0.616. The van der Waals surface area contributed by atoms with Crippen molar-refractivity contribution in [3.8, 4) is 0 Å². The van der Waals surface area contributed by atoms with E-state index in [9.17, 15) is 4.79 Å². The Morgan fingerprint density at radius 1 is 1.62 bits per heavy atom. The fraction of sp³-hybridized carbons (Fsp3) is 0.889. The maximum Gasteiger partial charge on any atom is 0.308 e. The van der Waals surface area contributed by atoms with E-state index < -0.39 is 0 Å². The monoisotopic (exact) mass is 188 g/mol. The van der Waals surface area contributed by atoms with Crippen LogP contribution in [0.3, 0.4) is 0 Å². The van der Waals surface area contributed by atoms with E-state index in [2.05, 4.69) is 0 Å². The lowest BCUT2D eigenvalue weighted by Gasteiger charge is -2.09. The lowest BCUT2D eigenvalue weighted by Crippen LogP contribution is -2.17. The first kappa shape index (κ1) is 10.5. The van der Waals surface area contributed by atoms with Crippen LogP contribution in [0.1, 0.15) is 20.3 Å². The lowest BCUT2D eigenvalue weighted by atomic mass is 10.2. The van der Waals surface area contributed by atoms with Crippen LogP contribution in [0.5, 0.6) is 0 Å². The summed E-state index contributed by atoms with van der Waals surface area (Å²) < 4.78 is 15.2. The smallest absolute Gasteiger partial charge is 0.308 e. The van der Waals surface area contributed by atoms with Gasteiger partial charge in [-0.15, -0.1) is 0 Å². The molecule has 0 spiro atoms. The van der Waals surface area contributed by atoms with Crippen molar-refractivity contribution in [2.75, 3.05) is 20.0 Å². The molecule has 0 saturated carbocycles. The number of carbonyl (C=O) groups excluding carboxylic acids is 1. The van der Waals surface area contributed by atoms with E-state index in [-0.39, 0.29) is 18.0 Å². The Hall–Kier alpha value is -0.610. The Morgan fingerprint density at radius 2 is 2.38 bits per heavy atom. The van der Waals surface area contributed by atoms with E-state index in [0.717, 1.165) is 6.42 Å². The molecule has 0 amide bonds. The minimum absolute atomic E-state index is 0.0549. The van der Waals surface area contributed by atoms with Crippen LogP contribution in [0.2, 0.25) is 0 Å². The molecule has 1 saturated heterocycles. The summed E-state index contributed by atoms with van der Waals surface area (Å²) in [5.74, 6) is -0.209. The molecule has 0 aliphatic carbocycles.